The number of aliphatic hydroxyl groups excluding tert-OH is 1. The predicted octanol–water partition coefficient (Wildman–Crippen LogP) is 0.0325. The van der Waals surface area contributed by atoms with Gasteiger partial charge in [0, 0.05) is 13.7 Å². The highest BCUT2D eigenvalue weighted by Gasteiger charge is 2.28. The van der Waals surface area contributed by atoms with Gasteiger partial charge in [-0.2, -0.15) is 0 Å². The Balaban J connectivity index is 2.64. The van der Waals surface area contributed by atoms with E-state index in [4.69, 9.17) is 9.84 Å². The molecular formula is C12H22N2O5. The molecule has 1 rings (SSSR count). The number of hydrogen-bond donors (Lipinski definition) is 3. The van der Waals surface area contributed by atoms with Gasteiger partial charge in [0.15, 0.2) is 6.04 Å². The van der Waals surface area contributed by atoms with E-state index >= 15 is 0 Å². The lowest BCUT2D eigenvalue weighted by Gasteiger charge is -2.29. The molecule has 0 aliphatic carbocycles. The maximum absolute atomic E-state index is 12.1. The van der Waals surface area contributed by atoms with Crippen LogP contribution in [0.1, 0.15) is 25.7 Å². The number of amides is 2. The minimum atomic E-state index is -1.13. The van der Waals surface area contributed by atoms with E-state index in [1.807, 2.05) is 0 Å². The zero-order valence-electron chi connectivity index (χ0n) is 11.2. The van der Waals surface area contributed by atoms with Crippen molar-refractivity contribution in [3.8, 4) is 0 Å². The second-order valence-corrected chi connectivity index (χ2v) is 4.67. The van der Waals surface area contributed by atoms with E-state index in [-0.39, 0.29) is 19.3 Å². The van der Waals surface area contributed by atoms with Crippen LogP contribution < -0.4 is 5.32 Å². The highest BCUT2D eigenvalue weighted by Crippen LogP contribution is 2.16. The van der Waals surface area contributed by atoms with Crippen LogP contribution in [-0.2, 0) is 9.53 Å². The minimum absolute atomic E-state index is 0.0846. The van der Waals surface area contributed by atoms with Gasteiger partial charge in [0.05, 0.1) is 19.3 Å². The number of likely N-dealkylation sites (tertiary alicyclic amines) is 1. The van der Waals surface area contributed by atoms with Crippen LogP contribution in [0.15, 0.2) is 0 Å². The Morgan fingerprint density at radius 2 is 2.16 bits per heavy atom. The zero-order valence-corrected chi connectivity index (χ0v) is 11.2. The van der Waals surface area contributed by atoms with Gasteiger partial charge in [-0.25, -0.2) is 9.59 Å². The van der Waals surface area contributed by atoms with Crippen LogP contribution in [0.5, 0.6) is 0 Å². The molecule has 0 aromatic heterocycles. The van der Waals surface area contributed by atoms with Gasteiger partial charge in [-0.3, -0.25) is 0 Å². The van der Waals surface area contributed by atoms with Gasteiger partial charge in [-0.15, -0.1) is 0 Å². The van der Waals surface area contributed by atoms with Gasteiger partial charge < -0.3 is 25.2 Å². The number of nitrogens with one attached hydrogen (secondary N) is 1. The number of carbonyl (C=O) groups excluding carboxylic acids is 1. The second kappa shape index (κ2) is 7.96. The quantitative estimate of drug-likeness (QED) is 0.657. The van der Waals surface area contributed by atoms with E-state index in [0.29, 0.717) is 6.54 Å². The topological polar surface area (TPSA) is 99.1 Å². The monoisotopic (exact) mass is 274 g/mol. The molecule has 2 unspecified atom stereocenters. The molecule has 0 aromatic carbocycles. The van der Waals surface area contributed by atoms with Crippen LogP contribution in [0.4, 0.5) is 4.79 Å². The van der Waals surface area contributed by atoms with Crippen LogP contribution in [-0.4, -0.2) is 66.1 Å². The molecule has 0 bridgehead atoms. The van der Waals surface area contributed by atoms with E-state index < -0.39 is 18.0 Å². The normalized spacial score (nSPS) is 21.6. The lowest BCUT2D eigenvalue weighted by molar-refractivity contribution is -0.140. The maximum Gasteiger partial charge on any atom is 0.328 e. The Hall–Kier alpha value is -1.34. The lowest BCUT2D eigenvalue weighted by Crippen LogP contribution is -2.53. The third-order valence-electron chi connectivity index (χ3n) is 3.28. The molecule has 2 amide bonds. The minimum Gasteiger partial charge on any atom is -0.480 e. The van der Waals surface area contributed by atoms with E-state index in [2.05, 4.69) is 5.32 Å². The molecule has 3 N–H and O–H groups in total. The number of ether oxygens (including phenoxy) is 1. The summed E-state index contributed by atoms with van der Waals surface area (Å²) in [5.74, 6) is -1.13. The Morgan fingerprint density at radius 3 is 2.74 bits per heavy atom. The Bertz CT molecular complexity index is 310. The summed E-state index contributed by atoms with van der Waals surface area (Å²) < 4.78 is 4.77. The predicted molar refractivity (Wildman–Crippen MR) is 67.9 cm³/mol. The van der Waals surface area contributed by atoms with Crippen molar-refractivity contribution in [2.75, 3.05) is 26.9 Å². The molecule has 7 heteroatoms. The van der Waals surface area contributed by atoms with Crippen molar-refractivity contribution in [1.82, 2.24) is 10.2 Å². The van der Waals surface area contributed by atoms with Gasteiger partial charge in [-0.05, 0) is 12.8 Å². The van der Waals surface area contributed by atoms with Crippen LogP contribution in [0, 0.1) is 0 Å². The van der Waals surface area contributed by atoms with Gasteiger partial charge in [0.25, 0.3) is 0 Å². The van der Waals surface area contributed by atoms with E-state index in [1.54, 1.807) is 0 Å². The summed E-state index contributed by atoms with van der Waals surface area (Å²) in [6.45, 7) is 0.352. The summed E-state index contributed by atoms with van der Waals surface area (Å²) in [6, 6.07) is -1.76. The van der Waals surface area contributed by atoms with Crippen LogP contribution in [0.25, 0.3) is 0 Å². The second-order valence-electron chi connectivity index (χ2n) is 4.67. The highest BCUT2D eigenvalue weighted by atomic mass is 16.5. The Morgan fingerprint density at radius 1 is 1.42 bits per heavy atom. The number of urea groups is 1. The fourth-order valence-electron chi connectivity index (χ4n) is 2.21. The fourth-order valence-corrected chi connectivity index (χ4v) is 2.21. The first-order valence-electron chi connectivity index (χ1n) is 6.50. The number of carboxylic acid groups (broad SMARTS) is 1. The summed E-state index contributed by atoms with van der Waals surface area (Å²) >= 11 is 0. The Labute approximate surface area is 112 Å². The van der Waals surface area contributed by atoms with Crippen LogP contribution in [0.3, 0.4) is 0 Å². The molecule has 1 aliphatic heterocycles. The number of nitrogens with zero attached hydrogens (tertiary/aromatic N) is 1. The lowest BCUT2D eigenvalue weighted by atomic mass is 10.1. The summed E-state index contributed by atoms with van der Waals surface area (Å²) in [5, 5.41) is 20.7. The van der Waals surface area contributed by atoms with Gasteiger partial charge in [-0.1, -0.05) is 12.8 Å². The zero-order chi connectivity index (χ0) is 14.3. The first-order valence-corrected chi connectivity index (χ1v) is 6.50. The SMILES string of the molecule is COCC(NC(=O)N1CCCCCC1CO)C(=O)O. The highest BCUT2D eigenvalue weighted by molar-refractivity contribution is 5.82. The third kappa shape index (κ3) is 4.68. The van der Waals surface area contributed by atoms with E-state index in [1.165, 1.54) is 12.0 Å². The molecule has 0 radical (unpaired) electrons. The van der Waals surface area contributed by atoms with E-state index in [0.717, 1.165) is 25.7 Å². The maximum atomic E-state index is 12.1. The largest absolute Gasteiger partial charge is 0.480 e. The first kappa shape index (κ1) is 15.7. The average molecular weight is 274 g/mol. The average Bonchev–Trinajstić information content (AvgIpc) is 2.62. The third-order valence-corrected chi connectivity index (χ3v) is 3.28. The van der Waals surface area contributed by atoms with Gasteiger partial charge in [0.2, 0.25) is 0 Å². The molecule has 110 valence electrons. The van der Waals surface area contributed by atoms with Crippen LogP contribution in [0.2, 0.25) is 0 Å². The number of methoxy groups -OCH3 is 1. The fraction of sp³-hybridized carbons (Fsp3) is 0.833. The van der Waals surface area contributed by atoms with Crippen molar-refractivity contribution in [2.45, 2.75) is 37.8 Å². The smallest absolute Gasteiger partial charge is 0.328 e. The summed E-state index contributed by atoms with van der Waals surface area (Å²) in [7, 11) is 1.38. The summed E-state index contributed by atoms with van der Waals surface area (Å²) in [4.78, 5) is 24.6. The number of hydrogen-bond acceptors (Lipinski definition) is 4. The molecule has 19 heavy (non-hydrogen) atoms. The molecule has 0 aromatic rings. The number of carbonyl (C=O) groups is 2. The molecule has 7 nitrogen and oxygen atoms in total. The molecular weight excluding hydrogens is 252 g/mol. The number of aliphatic carboxylic acids is 1. The van der Waals surface area contributed by atoms with Gasteiger partial charge in [0.1, 0.15) is 0 Å². The Kier molecular flexibility index (Phi) is 6.58. The molecule has 0 saturated carbocycles. The molecule has 2 atom stereocenters. The first-order chi connectivity index (χ1) is 9.10. The number of aliphatic hydroxyl groups is 1. The molecule has 1 fully saturated rings. The van der Waals surface area contributed by atoms with Crippen molar-refractivity contribution in [3.63, 3.8) is 0 Å². The standard InChI is InChI=1S/C12H22N2O5/c1-19-8-10(11(16)17)13-12(18)14-6-4-2-3-5-9(14)7-15/h9-10,15H,2-8H2,1H3,(H,13,18)(H,16,17). The van der Waals surface area contributed by atoms with Crippen molar-refractivity contribution in [2.24, 2.45) is 0 Å². The summed E-state index contributed by atoms with van der Waals surface area (Å²) in [6.07, 6.45) is 3.59. The van der Waals surface area contributed by atoms with E-state index in [9.17, 15) is 14.7 Å². The van der Waals surface area contributed by atoms with Crippen molar-refractivity contribution < 1.29 is 24.5 Å². The van der Waals surface area contributed by atoms with Gasteiger partial charge >= 0.3 is 12.0 Å². The molecule has 1 heterocycles. The molecule has 0 spiro atoms. The number of rotatable bonds is 5. The summed E-state index contributed by atoms with van der Waals surface area (Å²) in [5.41, 5.74) is 0. The van der Waals surface area contributed by atoms with Crippen molar-refractivity contribution >= 4 is 12.0 Å². The van der Waals surface area contributed by atoms with Crippen molar-refractivity contribution in [1.29, 1.82) is 0 Å². The molecule has 1 saturated heterocycles. The number of carboxylic acids is 1. The van der Waals surface area contributed by atoms with Crippen LogP contribution >= 0.6 is 0 Å². The van der Waals surface area contributed by atoms with Crippen molar-refractivity contribution in [3.05, 3.63) is 0 Å². The molecule has 1 aliphatic rings.